The molecule has 25 heavy (non-hydrogen) atoms. The Labute approximate surface area is 150 Å². The van der Waals surface area contributed by atoms with E-state index in [-0.39, 0.29) is 11.3 Å². The van der Waals surface area contributed by atoms with Crippen LogP contribution in [0.15, 0.2) is 18.2 Å². The highest BCUT2D eigenvalue weighted by molar-refractivity contribution is 5.92. The molecule has 0 saturated carbocycles. The first-order valence-corrected chi connectivity index (χ1v) is 9.48. The number of esters is 1. The molecular weight excluding hydrogens is 318 g/mol. The van der Waals surface area contributed by atoms with Crippen LogP contribution in [0, 0.1) is 0 Å². The van der Waals surface area contributed by atoms with E-state index in [1.165, 1.54) is 25.3 Å². The van der Waals surface area contributed by atoms with Crippen LogP contribution in [0.5, 0.6) is 11.5 Å². The topological polar surface area (TPSA) is 59.0 Å². The second kappa shape index (κ2) is 10.3. The summed E-state index contributed by atoms with van der Waals surface area (Å²) in [6.07, 6.45) is 6.64. The summed E-state index contributed by atoms with van der Waals surface area (Å²) in [5.74, 6) is -0.00506. The molecule has 0 radical (unpaired) electrons. The van der Waals surface area contributed by atoms with E-state index in [4.69, 9.17) is 9.47 Å². The first-order valence-electron chi connectivity index (χ1n) is 9.48. The molecule has 2 rings (SSSR count). The van der Waals surface area contributed by atoms with E-state index in [2.05, 4.69) is 18.7 Å². The van der Waals surface area contributed by atoms with Crippen LogP contribution in [0.25, 0.3) is 0 Å². The summed E-state index contributed by atoms with van der Waals surface area (Å²) in [5.41, 5.74) is 0.189. The van der Waals surface area contributed by atoms with Gasteiger partial charge in [0.05, 0.1) is 13.2 Å². The summed E-state index contributed by atoms with van der Waals surface area (Å²) >= 11 is 0. The number of aromatic hydroxyl groups is 1. The van der Waals surface area contributed by atoms with Crippen LogP contribution >= 0.6 is 0 Å². The molecule has 0 bridgehead atoms. The van der Waals surface area contributed by atoms with Crippen molar-refractivity contribution in [3.8, 4) is 11.5 Å². The molecule has 1 atom stereocenters. The van der Waals surface area contributed by atoms with Crippen LogP contribution in [-0.2, 0) is 4.74 Å². The van der Waals surface area contributed by atoms with Gasteiger partial charge in [-0.05, 0) is 51.3 Å². The van der Waals surface area contributed by atoms with Gasteiger partial charge in [-0.3, -0.25) is 0 Å². The van der Waals surface area contributed by atoms with Gasteiger partial charge >= 0.3 is 5.97 Å². The van der Waals surface area contributed by atoms with Crippen molar-refractivity contribution in [3.63, 3.8) is 0 Å². The second-order valence-corrected chi connectivity index (χ2v) is 6.75. The van der Waals surface area contributed by atoms with E-state index in [0.29, 0.717) is 25.0 Å². The fourth-order valence-electron chi connectivity index (χ4n) is 3.11. The van der Waals surface area contributed by atoms with E-state index in [1.807, 2.05) is 0 Å². The number of benzene rings is 1. The lowest BCUT2D eigenvalue weighted by Crippen LogP contribution is -2.38. The van der Waals surface area contributed by atoms with Crippen molar-refractivity contribution in [1.29, 1.82) is 0 Å². The molecule has 140 valence electrons. The first-order chi connectivity index (χ1) is 12.1. The highest BCUT2D eigenvalue weighted by atomic mass is 16.5. The van der Waals surface area contributed by atoms with Gasteiger partial charge in [-0.2, -0.15) is 0 Å². The average Bonchev–Trinajstić information content (AvgIpc) is 2.60. The number of unbranched alkanes of at least 4 members (excludes halogenated alkanes) is 1. The van der Waals surface area contributed by atoms with Crippen LogP contribution in [0.2, 0.25) is 0 Å². The predicted molar refractivity (Wildman–Crippen MR) is 98.3 cm³/mol. The van der Waals surface area contributed by atoms with Crippen molar-refractivity contribution < 1.29 is 19.4 Å². The zero-order valence-electron chi connectivity index (χ0n) is 15.5. The number of phenolic OH excluding ortho intramolecular Hbond substituents is 1. The van der Waals surface area contributed by atoms with Crippen LogP contribution in [0.4, 0.5) is 0 Å². The lowest BCUT2D eigenvalue weighted by atomic mass is 10.0. The third-order valence-corrected chi connectivity index (χ3v) is 4.72. The first kappa shape index (κ1) is 19.6. The molecule has 0 amide bonds. The summed E-state index contributed by atoms with van der Waals surface area (Å²) in [5, 5.41) is 10.0. The van der Waals surface area contributed by atoms with Crippen LogP contribution in [0.1, 0.15) is 62.7 Å². The second-order valence-electron chi connectivity index (χ2n) is 6.75. The van der Waals surface area contributed by atoms with Crippen molar-refractivity contribution in [2.75, 3.05) is 26.3 Å². The highest BCUT2D eigenvalue weighted by Crippen LogP contribution is 2.24. The number of phenols is 1. The number of likely N-dealkylation sites (tertiary alicyclic amines) is 1. The Hall–Kier alpha value is -1.75. The molecule has 1 saturated heterocycles. The van der Waals surface area contributed by atoms with E-state index in [9.17, 15) is 9.90 Å². The lowest BCUT2D eigenvalue weighted by molar-refractivity contribution is 0.0472. The van der Waals surface area contributed by atoms with Gasteiger partial charge in [0.15, 0.2) is 0 Å². The van der Waals surface area contributed by atoms with Crippen molar-refractivity contribution in [2.24, 2.45) is 0 Å². The molecule has 1 heterocycles. The van der Waals surface area contributed by atoms with Crippen LogP contribution in [-0.4, -0.2) is 48.3 Å². The molecule has 1 unspecified atom stereocenters. The molecule has 1 N–H and O–H groups in total. The number of rotatable bonds is 9. The molecule has 5 heteroatoms. The summed E-state index contributed by atoms with van der Waals surface area (Å²) in [6, 6.07) is 5.35. The number of carbonyl (C=O) groups is 1. The van der Waals surface area contributed by atoms with Crippen molar-refractivity contribution in [2.45, 2.75) is 58.4 Å². The zero-order valence-corrected chi connectivity index (χ0v) is 15.5. The summed E-state index contributed by atoms with van der Waals surface area (Å²) in [6.45, 7) is 7.41. The largest absolute Gasteiger partial charge is 0.507 e. The third-order valence-electron chi connectivity index (χ3n) is 4.72. The quantitative estimate of drug-likeness (QED) is 0.539. The normalized spacial score (nSPS) is 18.1. The SMILES string of the molecule is CCCCOc1ccc(C(=O)OCCCN2CCCCC2C)c(O)c1. The summed E-state index contributed by atoms with van der Waals surface area (Å²) in [4.78, 5) is 14.6. The molecule has 0 aliphatic carbocycles. The van der Waals surface area contributed by atoms with Crippen molar-refractivity contribution in [3.05, 3.63) is 23.8 Å². The number of piperidine rings is 1. The Balaban J connectivity index is 1.74. The van der Waals surface area contributed by atoms with Gasteiger partial charge in [-0.1, -0.05) is 19.8 Å². The number of hydrogen-bond acceptors (Lipinski definition) is 5. The number of nitrogens with zero attached hydrogens (tertiary/aromatic N) is 1. The Morgan fingerprint density at radius 2 is 2.12 bits per heavy atom. The van der Waals surface area contributed by atoms with Gasteiger partial charge in [0.1, 0.15) is 17.1 Å². The van der Waals surface area contributed by atoms with Gasteiger partial charge in [0, 0.05) is 18.7 Å². The highest BCUT2D eigenvalue weighted by Gasteiger charge is 2.18. The zero-order chi connectivity index (χ0) is 18.1. The fraction of sp³-hybridized carbons (Fsp3) is 0.650. The molecule has 0 aromatic heterocycles. The Bertz CT molecular complexity index is 546. The van der Waals surface area contributed by atoms with E-state index in [0.717, 1.165) is 32.4 Å². The van der Waals surface area contributed by atoms with E-state index in [1.54, 1.807) is 12.1 Å². The molecule has 0 spiro atoms. The number of ether oxygens (including phenoxy) is 2. The van der Waals surface area contributed by atoms with Crippen molar-refractivity contribution in [1.82, 2.24) is 4.90 Å². The monoisotopic (exact) mass is 349 g/mol. The van der Waals surface area contributed by atoms with Crippen LogP contribution < -0.4 is 4.74 Å². The predicted octanol–water partition coefficient (Wildman–Crippen LogP) is 3.99. The van der Waals surface area contributed by atoms with Gasteiger partial charge in [-0.15, -0.1) is 0 Å². The Morgan fingerprint density at radius 3 is 2.84 bits per heavy atom. The van der Waals surface area contributed by atoms with Gasteiger partial charge in [0.25, 0.3) is 0 Å². The summed E-state index contributed by atoms with van der Waals surface area (Å²) in [7, 11) is 0. The molecule has 5 nitrogen and oxygen atoms in total. The Morgan fingerprint density at radius 1 is 1.28 bits per heavy atom. The smallest absolute Gasteiger partial charge is 0.341 e. The third kappa shape index (κ3) is 6.24. The molecule has 1 aliphatic heterocycles. The minimum Gasteiger partial charge on any atom is -0.507 e. The number of carbonyl (C=O) groups excluding carboxylic acids is 1. The average molecular weight is 349 g/mol. The molecule has 1 fully saturated rings. The number of hydrogen-bond donors (Lipinski definition) is 1. The molecule has 1 aromatic rings. The molecular formula is C20H31NO4. The van der Waals surface area contributed by atoms with Gasteiger partial charge in [0.2, 0.25) is 0 Å². The van der Waals surface area contributed by atoms with Gasteiger partial charge < -0.3 is 19.5 Å². The summed E-state index contributed by atoms with van der Waals surface area (Å²) < 4.78 is 10.8. The minimum atomic E-state index is -0.482. The standard InChI is InChI=1S/C20H31NO4/c1-3-4-13-24-17-9-10-18(19(22)15-17)20(23)25-14-7-12-21-11-6-5-8-16(21)2/h9-10,15-16,22H,3-8,11-14H2,1-2H3. The lowest BCUT2D eigenvalue weighted by Gasteiger charge is -2.33. The van der Waals surface area contributed by atoms with E-state index < -0.39 is 5.97 Å². The van der Waals surface area contributed by atoms with Crippen LogP contribution in [0.3, 0.4) is 0 Å². The molecule has 1 aromatic carbocycles. The molecule has 1 aliphatic rings. The Kier molecular flexibility index (Phi) is 8.06. The minimum absolute atomic E-state index is 0.0938. The maximum absolute atomic E-state index is 12.1. The van der Waals surface area contributed by atoms with Crippen molar-refractivity contribution >= 4 is 5.97 Å². The maximum atomic E-state index is 12.1. The van der Waals surface area contributed by atoms with E-state index >= 15 is 0 Å². The van der Waals surface area contributed by atoms with Gasteiger partial charge in [-0.25, -0.2) is 4.79 Å². The maximum Gasteiger partial charge on any atom is 0.341 e. The fourth-order valence-corrected chi connectivity index (χ4v) is 3.11.